The number of halogens is 2. The molecule has 10 heteroatoms. The van der Waals surface area contributed by atoms with Crippen LogP contribution in [-0.2, 0) is 26.2 Å². The van der Waals surface area contributed by atoms with Crippen LogP contribution in [0, 0.1) is 6.92 Å². The minimum Gasteiger partial charge on any atom is -0.352 e. The number of aryl methyl sites for hydroxylation is 1. The van der Waals surface area contributed by atoms with Gasteiger partial charge >= 0.3 is 0 Å². The molecule has 40 heavy (non-hydrogen) atoms. The predicted octanol–water partition coefficient (Wildman–Crippen LogP) is 6.22. The maximum Gasteiger partial charge on any atom is 0.264 e. The Morgan fingerprint density at radius 3 is 2.15 bits per heavy atom. The molecule has 214 valence electrons. The van der Waals surface area contributed by atoms with E-state index >= 15 is 0 Å². The molecule has 0 saturated heterocycles. The van der Waals surface area contributed by atoms with E-state index in [1.807, 2.05) is 20.8 Å². The SMILES string of the molecule is CCC(C)NC(=O)C(CC)N(Cc1ccc(Cl)c(Cl)c1)C(=O)CN(c1ccccc1C)S(=O)(=O)c1ccccc1. The standard InChI is InChI=1S/C30H35Cl2N3O4S/c1-5-22(4)33-30(37)27(6-2)34(19-23-16-17-25(31)26(32)18-23)29(36)20-35(28-15-11-10-12-21(28)3)40(38,39)24-13-8-7-9-14-24/h7-18,22,27H,5-6,19-20H2,1-4H3,(H,33,37). The molecule has 0 spiro atoms. The second-order valence-electron chi connectivity index (χ2n) is 9.62. The minimum absolute atomic E-state index is 0.0369. The van der Waals surface area contributed by atoms with Crippen molar-refractivity contribution in [2.24, 2.45) is 0 Å². The van der Waals surface area contributed by atoms with Crippen molar-refractivity contribution in [1.29, 1.82) is 0 Å². The first-order valence-electron chi connectivity index (χ1n) is 13.2. The Morgan fingerprint density at radius 2 is 1.55 bits per heavy atom. The number of para-hydroxylation sites is 1. The van der Waals surface area contributed by atoms with E-state index in [0.29, 0.717) is 33.3 Å². The quantitative estimate of drug-likeness (QED) is 0.266. The van der Waals surface area contributed by atoms with Gasteiger partial charge in [0.05, 0.1) is 20.6 Å². The number of benzene rings is 3. The average molecular weight is 605 g/mol. The third kappa shape index (κ3) is 7.56. The molecule has 2 unspecified atom stereocenters. The molecule has 0 aromatic heterocycles. The van der Waals surface area contributed by atoms with Gasteiger partial charge in [0.1, 0.15) is 12.6 Å². The van der Waals surface area contributed by atoms with E-state index in [2.05, 4.69) is 5.32 Å². The predicted molar refractivity (Wildman–Crippen MR) is 161 cm³/mol. The molecule has 1 N–H and O–H groups in total. The number of hydrogen-bond donors (Lipinski definition) is 1. The second-order valence-corrected chi connectivity index (χ2v) is 12.3. The normalized spacial score (nSPS) is 12.8. The van der Waals surface area contributed by atoms with Crippen LogP contribution in [0.2, 0.25) is 10.0 Å². The van der Waals surface area contributed by atoms with E-state index in [1.54, 1.807) is 67.6 Å². The maximum atomic E-state index is 14.1. The number of carbonyl (C=O) groups excluding carboxylic acids is 2. The lowest BCUT2D eigenvalue weighted by atomic mass is 10.1. The van der Waals surface area contributed by atoms with E-state index < -0.39 is 28.5 Å². The van der Waals surface area contributed by atoms with E-state index in [-0.39, 0.29) is 23.4 Å². The summed E-state index contributed by atoms with van der Waals surface area (Å²) in [6, 6.07) is 19.0. The Bertz CT molecular complexity index is 1430. The van der Waals surface area contributed by atoms with Crippen LogP contribution in [0.15, 0.2) is 77.7 Å². The Kier molecular flexibility index (Phi) is 11.0. The van der Waals surface area contributed by atoms with Crippen molar-refractivity contribution in [1.82, 2.24) is 10.2 Å². The molecule has 0 aliphatic heterocycles. The monoisotopic (exact) mass is 603 g/mol. The molecular formula is C30H35Cl2N3O4S. The van der Waals surface area contributed by atoms with Crippen molar-refractivity contribution in [3.05, 3.63) is 94.0 Å². The average Bonchev–Trinajstić information content (AvgIpc) is 2.94. The molecular weight excluding hydrogens is 569 g/mol. The third-order valence-electron chi connectivity index (χ3n) is 6.72. The fourth-order valence-corrected chi connectivity index (χ4v) is 6.09. The lowest BCUT2D eigenvalue weighted by Crippen LogP contribution is -2.53. The summed E-state index contributed by atoms with van der Waals surface area (Å²) in [5.74, 6) is -0.835. The van der Waals surface area contributed by atoms with Gasteiger partial charge < -0.3 is 10.2 Å². The van der Waals surface area contributed by atoms with Gasteiger partial charge in [-0.25, -0.2) is 8.42 Å². The lowest BCUT2D eigenvalue weighted by Gasteiger charge is -2.34. The molecule has 0 radical (unpaired) electrons. The molecule has 2 amide bonds. The van der Waals surface area contributed by atoms with Crippen LogP contribution in [0.3, 0.4) is 0 Å². The number of nitrogens with zero attached hydrogens (tertiary/aromatic N) is 2. The zero-order chi connectivity index (χ0) is 29.4. The highest BCUT2D eigenvalue weighted by Gasteiger charge is 2.34. The molecule has 7 nitrogen and oxygen atoms in total. The number of sulfonamides is 1. The topological polar surface area (TPSA) is 86.8 Å². The Balaban J connectivity index is 2.07. The van der Waals surface area contributed by atoms with E-state index in [4.69, 9.17) is 23.2 Å². The second kappa shape index (κ2) is 14.0. The smallest absolute Gasteiger partial charge is 0.264 e. The Morgan fingerprint density at radius 1 is 0.900 bits per heavy atom. The molecule has 0 fully saturated rings. The lowest BCUT2D eigenvalue weighted by molar-refractivity contribution is -0.140. The number of rotatable bonds is 12. The van der Waals surface area contributed by atoms with Gasteiger partial charge in [0, 0.05) is 12.6 Å². The molecule has 3 aromatic rings. The van der Waals surface area contributed by atoms with Gasteiger partial charge in [0.25, 0.3) is 10.0 Å². The maximum absolute atomic E-state index is 14.1. The van der Waals surface area contributed by atoms with Crippen molar-refractivity contribution >= 4 is 50.7 Å². The van der Waals surface area contributed by atoms with E-state index in [9.17, 15) is 18.0 Å². The molecule has 0 aliphatic carbocycles. The largest absolute Gasteiger partial charge is 0.352 e. The van der Waals surface area contributed by atoms with Crippen molar-refractivity contribution in [2.75, 3.05) is 10.8 Å². The molecule has 0 heterocycles. The zero-order valence-electron chi connectivity index (χ0n) is 23.1. The molecule has 3 rings (SSSR count). The number of amides is 2. The molecule has 2 atom stereocenters. The summed E-state index contributed by atoms with van der Waals surface area (Å²) >= 11 is 12.4. The summed E-state index contributed by atoms with van der Waals surface area (Å²) in [7, 11) is -4.12. The van der Waals surface area contributed by atoms with E-state index in [1.165, 1.54) is 17.0 Å². The molecule has 0 bridgehead atoms. The summed E-state index contributed by atoms with van der Waals surface area (Å²) in [5, 5.41) is 3.64. The fraction of sp³-hybridized carbons (Fsp3) is 0.333. The molecule has 3 aromatic carbocycles. The third-order valence-corrected chi connectivity index (χ3v) is 9.23. The molecule has 0 saturated carbocycles. The minimum atomic E-state index is -4.12. The van der Waals surface area contributed by atoms with Crippen molar-refractivity contribution in [3.8, 4) is 0 Å². The van der Waals surface area contributed by atoms with Gasteiger partial charge in [0.2, 0.25) is 11.8 Å². The summed E-state index contributed by atoms with van der Waals surface area (Å²) in [6.07, 6.45) is 1.05. The molecule has 0 aliphatic rings. The Labute approximate surface area is 247 Å². The summed E-state index contributed by atoms with van der Waals surface area (Å²) in [5.41, 5.74) is 1.73. The highest BCUT2D eigenvalue weighted by molar-refractivity contribution is 7.92. The first kappa shape index (κ1) is 31.5. The van der Waals surface area contributed by atoms with Gasteiger partial charge in [-0.3, -0.25) is 13.9 Å². The van der Waals surface area contributed by atoms with Crippen LogP contribution in [0.25, 0.3) is 0 Å². The summed E-state index contributed by atoms with van der Waals surface area (Å²) < 4.78 is 28.9. The fourth-order valence-electron chi connectivity index (χ4n) is 4.27. The van der Waals surface area contributed by atoms with Crippen LogP contribution in [0.5, 0.6) is 0 Å². The van der Waals surface area contributed by atoms with Crippen LogP contribution >= 0.6 is 23.2 Å². The van der Waals surface area contributed by atoms with Gasteiger partial charge in [0.15, 0.2) is 0 Å². The highest BCUT2D eigenvalue weighted by atomic mass is 35.5. The van der Waals surface area contributed by atoms with Crippen LogP contribution < -0.4 is 9.62 Å². The van der Waals surface area contributed by atoms with Crippen LogP contribution in [-0.4, -0.2) is 43.8 Å². The van der Waals surface area contributed by atoms with Gasteiger partial charge in [-0.05, 0) is 68.1 Å². The van der Waals surface area contributed by atoms with Gasteiger partial charge in [-0.1, -0.05) is 79.5 Å². The van der Waals surface area contributed by atoms with Crippen molar-refractivity contribution in [2.45, 2.75) is 64.1 Å². The van der Waals surface area contributed by atoms with Crippen molar-refractivity contribution in [3.63, 3.8) is 0 Å². The number of hydrogen-bond acceptors (Lipinski definition) is 4. The number of nitrogens with one attached hydrogen (secondary N) is 1. The summed E-state index contributed by atoms with van der Waals surface area (Å²) in [6.45, 7) is 6.98. The highest BCUT2D eigenvalue weighted by Crippen LogP contribution is 2.28. The first-order chi connectivity index (χ1) is 19.0. The number of carbonyl (C=O) groups is 2. The van der Waals surface area contributed by atoms with Crippen molar-refractivity contribution < 1.29 is 18.0 Å². The first-order valence-corrected chi connectivity index (χ1v) is 15.4. The van der Waals surface area contributed by atoms with Gasteiger partial charge in [-0.15, -0.1) is 0 Å². The summed E-state index contributed by atoms with van der Waals surface area (Å²) in [4.78, 5) is 28.9. The number of anilines is 1. The van der Waals surface area contributed by atoms with E-state index in [0.717, 1.165) is 10.7 Å². The van der Waals surface area contributed by atoms with Crippen LogP contribution in [0.4, 0.5) is 5.69 Å². The Hall–Kier alpha value is -3.07. The van der Waals surface area contributed by atoms with Gasteiger partial charge in [-0.2, -0.15) is 0 Å². The van der Waals surface area contributed by atoms with Crippen LogP contribution in [0.1, 0.15) is 44.7 Å². The zero-order valence-corrected chi connectivity index (χ0v) is 25.4.